The largest absolute Gasteiger partial charge is 0.480 e. The fourth-order valence-corrected chi connectivity index (χ4v) is 1.47. The second-order valence-electron chi connectivity index (χ2n) is 3.44. The van der Waals surface area contributed by atoms with Crippen LogP contribution >= 0.6 is 0 Å². The van der Waals surface area contributed by atoms with E-state index in [1.54, 1.807) is 6.07 Å². The number of benzene rings is 1. The quantitative estimate of drug-likeness (QED) is 0.825. The maximum Gasteiger partial charge on any atom is 0.328 e. The molecule has 1 aromatic rings. The molecule has 1 N–H and O–H groups in total. The van der Waals surface area contributed by atoms with Gasteiger partial charge in [-0.2, -0.15) is 0 Å². The van der Waals surface area contributed by atoms with Crippen molar-refractivity contribution in [2.45, 2.75) is 12.5 Å². The Hall–Kier alpha value is -1.91. The third-order valence-corrected chi connectivity index (χ3v) is 2.26. The number of halogens is 1. The van der Waals surface area contributed by atoms with Crippen molar-refractivity contribution in [3.8, 4) is 0 Å². The van der Waals surface area contributed by atoms with Crippen molar-refractivity contribution in [2.24, 2.45) is 4.99 Å². The van der Waals surface area contributed by atoms with E-state index in [-0.39, 0.29) is 12.5 Å². The Labute approximate surface area is 91.4 Å². The second-order valence-corrected chi connectivity index (χ2v) is 3.44. The molecule has 1 aliphatic heterocycles. The summed E-state index contributed by atoms with van der Waals surface area (Å²) in [5, 5.41) is 8.82. The lowest BCUT2D eigenvalue weighted by molar-refractivity contribution is -0.139. The monoisotopic (exact) mass is 223 g/mol. The van der Waals surface area contributed by atoms with E-state index in [9.17, 15) is 9.18 Å². The molecular weight excluding hydrogens is 213 g/mol. The summed E-state index contributed by atoms with van der Waals surface area (Å²) in [7, 11) is 0. The molecule has 0 saturated heterocycles. The molecule has 1 aliphatic rings. The van der Waals surface area contributed by atoms with Crippen LogP contribution in [0.2, 0.25) is 0 Å². The summed E-state index contributed by atoms with van der Waals surface area (Å²) in [6.07, 6.45) is 0.341. The van der Waals surface area contributed by atoms with E-state index >= 15 is 0 Å². The lowest BCUT2D eigenvalue weighted by Crippen LogP contribution is -2.28. The number of aliphatic imine (C=N–C) groups is 1. The van der Waals surface area contributed by atoms with Crippen molar-refractivity contribution in [1.29, 1.82) is 0 Å². The summed E-state index contributed by atoms with van der Waals surface area (Å²) >= 11 is 0. The first-order valence-corrected chi connectivity index (χ1v) is 4.86. The molecule has 0 saturated carbocycles. The van der Waals surface area contributed by atoms with Crippen LogP contribution < -0.4 is 0 Å². The van der Waals surface area contributed by atoms with Crippen LogP contribution in [-0.2, 0) is 9.53 Å². The summed E-state index contributed by atoms with van der Waals surface area (Å²) in [5.41, 5.74) is 0.464. The van der Waals surface area contributed by atoms with Crippen LogP contribution in [0.5, 0.6) is 0 Å². The lowest BCUT2D eigenvalue weighted by Gasteiger charge is -2.18. The zero-order chi connectivity index (χ0) is 11.5. The molecule has 0 spiro atoms. The van der Waals surface area contributed by atoms with E-state index in [2.05, 4.69) is 4.99 Å². The van der Waals surface area contributed by atoms with Crippen LogP contribution in [0.25, 0.3) is 0 Å². The highest BCUT2D eigenvalue weighted by atomic mass is 19.1. The predicted molar refractivity (Wildman–Crippen MR) is 54.9 cm³/mol. The third-order valence-electron chi connectivity index (χ3n) is 2.26. The molecule has 1 unspecified atom stereocenters. The summed E-state index contributed by atoms with van der Waals surface area (Å²) < 4.78 is 18.2. The molecule has 0 aromatic heterocycles. The van der Waals surface area contributed by atoms with E-state index < -0.39 is 17.8 Å². The molecule has 0 radical (unpaired) electrons. The number of hydrogen-bond acceptors (Lipinski definition) is 3. The Kier molecular flexibility index (Phi) is 2.85. The van der Waals surface area contributed by atoms with Gasteiger partial charge in [0.05, 0.1) is 6.61 Å². The van der Waals surface area contributed by atoms with Gasteiger partial charge in [0, 0.05) is 12.0 Å². The van der Waals surface area contributed by atoms with Gasteiger partial charge in [-0.3, -0.25) is 0 Å². The maximum absolute atomic E-state index is 13.0. The minimum atomic E-state index is -0.989. The van der Waals surface area contributed by atoms with Crippen molar-refractivity contribution in [3.63, 3.8) is 0 Å². The number of hydrogen-bond donors (Lipinski definition) is 1. The van der Waals surface area contributed by atoms with Gasteiger partial charge in [0.15, 0.2) is 6.04 Å². The number of rotatable bonds is 2. The first-order valence-electron chi connectivity index (χ1n) is 4.86. The number of ether oxygens (including phenoxy) is 1. The van der Waals surface area contributed by atoms with Gasteiger partial charge in [0.25, 0.3) is 0 Å². The van der Waals surface area contributed by atoms with Gasteiger partial charge in [0.2, 0.25) is 5.90 Å². The van der Waals surface area contributed by atoms with Crippen LogP contribution in [0.1, 0.15) is 12.0 Å². The average molecular weight is 223 g/mol. The Morgan fingerprint density at radius 1 is 1.56 bits per heavy atom. The zero-order valence-electron chi connectivity index (χ0n) is 8.39. The van der Waals surface area contributed by atoms with Crippen molar-refractivity contribution in [3.05, 3.63) is 35.6 Å². The molecule has 0 bridgehead atoms. The minimum absolute atomic E-state index is 0.193. The fraction of sp³-hybridized carbons (Fsp3) is 0.273. The molecule has 4 nitrogen and oxygen atoms in total. The van der Waals surface area contributed by atoms with Crippen molar-refractivity contribution < 1.29 is 19.0 Å². The molecule has 0 aliphatic carbocycles. The van der Waals surface area contributed by atoms with Crippen molar-refractivity contribution in [2.75, 3.05) is 6.61 Å². The van der Waals surface area contributed by atoms with E-state index in [1.165, 1.54) is 18.2 Å². The van der Waals surface area contributed by atoms with E-state index in [0.29, 0.717) is 12.0 Å². The lowest BCUT2D eigenvalue weighted by atomic mass is 10.1. The van der Waals surface area contributed by atoms with Gasteiger partial charge in [-0.15, -0.1) is 0 Å². The smallest absolute Gasteiger partial charge is 0.328 e. The highest BCUT2D eigenvalue weighted by Crippen LogP contribution is 2.13. The van der Waals surface area contributed by atoms with Gasteiger partial charge in [-0.25, -0.2) is 14.2 Å². The second kappa shape index (κ2) is 4.30. The zero-order valence-corrected chi connectivity index (χ0v) is 8.39. The maximum atomic E-state index is 13.0. The summed E-state index contributed by atoms with van der Waals surface area (Å²) in [6, 6.07) is 4.93. The molecule has 84 valence electrons. The Balaban J connectivity index is 2.30. The molecule has 16 heavy (non-hydrogen) atoms. The Morgan fingerprint density at radius 3 is 3.06 bits per heavy atom. The summed E-state index contributed by atoms with van der Waals surface area (Å²) in [6.45, 7) is 0.284. The fourth-order valence-electron chi connectivity index (χ4n) is 1.47. The average Bonchev–Trinajstić information content (AvgIpc) is 2.29. The van der Waals surface area contributed by atoms with Gasteiger partial charge >= 0.3 is 5.97 Å². The van der Waals surface area contributed by atoms with Crippen LogP contribution in [0.3, 0.4) is 0 Å². The standard InChI is InChI=1S/C11H10FNO3/c12-8-3-1-2-7(6-8)10-13-9(11(14)15)4-5-16-10/h1-3,6,9H,4-5H2,(H,14,15). The molecule has 0 fully saturated rings. The molecule has 2 rings (SSSR count). The SMILES string of the molecule is O=C(O)C1CCOC(c2cccc(F)c2)=N1. The minimum Gasteiger partial charge on any atom is -0.480 e. The highest BCUT2D eigenvalue weighted by Gasteiger charge is 2.23. The van der Waals surface area contributed by atoms with E-state index in [0.717, 1.165) is 0 Å². The van der Waals surface area contributed by atoms with Gasteiger partial charge in [-0.05, 0) is 18.2 Å². The van der Waals surface area contributed by atoms with Crippen LogP contribution in [-0.4, -0.2) is 29.6 Å². The molecule has 1 atom stereocenters. The third kappa shape index (κ3) is 2.18. The molecule has 5 heteroatoms. The van der Waals surface area contributed by atoms with Crippen molar-refractivity contribution >= 4 is 11.9 Å². The first-order chi connectivity index (χ1) is 7.66. The number of carboxylic acid groups (broad SMARTS) is 1. The van der Waals surface area contributed by atoms with E-state index in [1.807, 2.05) is 0 Å². The molecular formula is C11H10FNO3. The normalized spacial score (nSPS) is 19.8. The van der Waals surface area contributed by atoms with Crippen LogP contribution in [0.15, 0.2) is 29.3 Å². The number of nitrogens with zero attached hydrogens (tertiary/aromatic N) is 1. The van der Waals surface area contributed by atoms with Crippen LogP contribution in [0, 0.1) is 5.82 Å². The number of carbonyl (C=O) groups is 1. The highest BCUT2D eigenvalue weighted by molar-refractivity contribution is 5.96. The first kappa shape index (κ1) is 10.6. The van der Waals surface area contributed by atoms with Crippen LogP contribution in [0.4, 0.5) is 4.39 Å². The Bertz CT molecular complexity index is 445. The van der Waals surface area contributed by atoms with Gasteiger partial charge < -0.3 is 9.84 Å². The number of aliphatic carboxylic acids is 1. The Morgan fingerprint density at radius 2 is 2.38 bits per heavy atom. The topological polar surface area (TPSA) is 58.9 Å². The number of carboxylic acids is 1. The molecule has 0 amide bonds. The van der Waals surface area contributed by atoms with Crippen molar-refractivity contribution in [1.82, 2.24) is 0 Å². The predicted octanol–water partition coefficient (Wildman–Crippen LogP) is 1.45. The summed E-state index contributed by atoms with van der Waals surface area (Å²) in [5.74, 6) is -1.20. The van der Waals surface area contributed by atoms with E-state index in [4.69, 9.17) is 9.84 Å². The van der Waals surface area contributed by atoms with Gasteiger partial charge in [0.1, 0.15) is 5.82 Å². The van der Waals surface area contributed by atoms with Gasteiger partial charge in [-0.1, -0.05) is 6.07 Å². The molecule has 1 aromatic carbocycles. The molecule has 1 heterocycles. The summed E-state index contributed by atoms with van der Waals surface area (Å²) in [4.78, 5) is 14.7.